The van der Waals surface area contributed by atoms with Crippen LogP contribution >= 0.6 is 0 Å². The van der Waals surface area contributed by atoms with Crippen LogP contribution in [0.1, 0.15) is 59.3 Å². The molecular weight excluding hydrogens is 304 g/mol. The molecule has 0 aromatic heterocycles. The third-order valence-electron chi connectivity index (χ3n) is 6.97. The topological polar surface area (TPSA) is 77.8 Å². The maximum atomic E-state index is 12.0. The molecule has 0 radical (unpaired) electrons. The Hall–Kier alpha value is -1.13. The second kappa shape index (κ2) is 6.30. The summed E-state index contributed by atoms with van der Waals surface area (Å²) in [4.78, 5) is 12.0. The van der Waals surface area contributed by atoms with E-state index in [9.17, 15) is 20.1 Å². The monoisotopic (exact) mass is 336 g/mol. The second-order valence-corrected chi connectivity index (χ2v) is 8.61. The smallest absolute Gasteiger partial charge is 0.309 e. The van der Waals surface area contributed by atoms with Gasteiger partial charge in [0.15, 0.2) is 0 Å². The molecule has 0 aliphatic heterocycles. The van der Waals surface area contributed by atoms with Gasteiger partial charge < -0.3 is 15.3 Å². The van der Waals surface area contributed by atoms with E-state index in [-0.39, 0.29) is 17.3 Å². The average molecular weight is 336 g/mol. The van der Waals surface area contributed by atoms with Gasteiger partial charge in [0.1, 0.15) is 0 Å². The largest absolute Gasteiger partial charge is 0.481 e. The van der Waals surface area contributed by atoms with Crippen molar-refractivity contribution in [1.82, 2.24) is 0 Å². The van der Waals surface area contributed by atoms with Crippen LogP contribution in [0.5, 0.6) is 0 Å². The van der Waals surface area contributed by atoms with Gasteiger partial charge in [-0.25, -0.2) is 0 Å². The zero-order valence-electron chi connectivity index (χ0n) is 15.2. The molecule has 6 atom stereocenters. The molecule has 4 heteroatoms. The number of carboxylic acids is 1. The van der Waals surface area contributed by atoms with E-state index in [2.05, 4.69) is 20.1 Å². The molecule has 3 N–H and O–H groups in total. The minimum absolute atomic E-state index is 0.0108. The summed E-state index contributed by atoms with van der Waals surface area (Å²) in [6.45, 7) is 13.5. The van der Waals surface area contributed by atoms with E-state index < -0.39 is 23.1 Å². The first kappa shape index (κ1) is 19.2. The van der Waals surface area contributed by atoms with Crippen molar-refractivity contribution >= 4 is 5.97 Å². The van der Waals surface area contributed by atoms with Gasteiger partial charge in [-0.15, -0.1) is 6.58 Å². The summed E-state index contributed by atoms with van der Waals surface area (Å²) in [7, 11) is 0. The van der Waals surface area contributed by atoms with Gasteiger partial charge in [0.05, 0.1) is 17.1 Å². The van der Waals surface area contributed by atoms with Gasteiger partial charge in [-0.1, -0.05) is 26.0 Å². The Bertz CT molecular complexity index is 538. The van der Waals surface area contributed by atoms with Crippen LogP contribution in [0.3, 0.4) is 0 Å². The molecule has 0 heterocycles. The molecule has 2 fully saturated rings. The lowest BCUT2D eigenvalue weighted by molar-refractivity contribution is -0.167. The standard InChI is InChI=1S/C20H32O4/c1-6-18(3,24)11-8-14-13(2)15(21)12-16-19(14,4)9-7-10-20(16,5)17(22)23/h6,14-16,21,24H,1-2,7-12H2,3-5H3,(H,22,23)/t14-,15-,16+,18+,19+,20-/m0/s1. The predicted molar refractivity (Wildman–Crippen MR) is 94.5 cm³/mol. The maximum absolute atomic E-state index is 12.0. The second-order valence-electron chi connectivity index (χ2n) is 8.61. The first-order valence-electron chi connectivity index (χ1n) is 8.94. The molecule has 0 bridgehead atoms. The summed E-state index contributed by atoms with van der Waals surface area (Å²) in [5.41, 5.74) is -1.19. The molecule has 2 aliphatic rings. The number of aliphatic hydroxyl groups excluding tert-OH is 1. The van der Waals surface area contributed by atoms with Crippen molar-refractivity contribution in [1.29, 1.82) is 0 Å². The van der Waals surface area contributed by atoms with E-state index in [0.29, 0.717) is 25.7 Å². The van der Waals surface area contributed by atoms with Gasteiger partial charge in [0, 0.05) is 0 Å². The number of fused-ring (bicyclic) bond motifs is 1. The number of aliphatic carboxylic acids is 1. The summed E-state index contributed by atoms with van der Waals surface area (Å²) >= 11 is 0. The highest BCUT2D eigenvalue weighted by atomic mass is 16.4. The fourth-order valence-electron chi connectivity index (χ4n) is 5.20. The summed E-state index contributed by atoms with van der Waals surface area (Å²) < 4.78 is 0. The summed E-state index contributed by atoms with van der Waals surface area (Å²) in [6, 6.07) is 0. The lowest BCUT2D eigenvalue weighted by Gasteiger charge is -2.58. The molecule has 0 saturated heterocycles. The number of hydrogen-bond acceptors (Lipinski definition) is 3. The van der Waals surface area contributed by atoms with Gasteiger partial charge in [0.25, 0.3) is 0 Å². The lowest BCUT2D eigenvalue weighted by Crippen LogP contribution is -2.56. The Morgan fingerprint density at radius 1 is 1.42 bits per heavy atom. The number of carbonyl (C=O) groups is 1. The van der Waals surface area contributed by atoms with Crippen LogP contribution in [0.15, 0.2) is 24.8 Å². The van der Waals surface area contributed by atoms with Gasteiger partial charge in [0.2, 0.25) is 0 Å². The van der Waals surface area contributed by atoms with Crippen molar-refractivity contribution in [2.24, 2.45) is 22.7 Å². The Kier molecular flexibility index (Phi) is 5.04. The van der Waals surface area contributed by atoms with E-state index in [1.54, 1.807) is 6.92 Å². The quantitative estimate of drug-likeness (QED) is 0.671. The van der Waals surface area contributed by atoms with Crippen molar-refractivity contribution in [3.63, 3.8) is 0 Å². The highest BCUT2D eigenvalue weighted by Gasteiger charge is 2.59. The van der Waals surface area contributed by atoms with Gasteiger partial charge >= 0.3 is 5.97 Å². The molecule has 2 saturated carbocycles. The molecule has 0 aromatic carbocycles. The fraction of sp³-hybridized carbons (Fsp3) is 0.750. The third-order valence-corrected chi connectivity index (χ3v) is 6.97. The van der Waals surface area contributed by atoms with Crippen LogP contribution in [0.4, 0.5) is 0 Å². The molecule has 2 rings (SSSR count). The Morgan fingerprint density at radius 2 is 2.04 bits per heavy atom. The molecule has 0 spiro atoms. The average Bonchev–Trinajstić information content (AvgIpc) is 2.49. The molecule has 0 unspecified atom stereocenters. The number of hydrogen-bond donors (Lipinski definition) is 3. The minimum Gasteiger partial charge on any atom is -0.481 e. The number of aliphatic hydroxyl groups is 2. The first-order chi connectivity index (χ1) is 11.0. The van der Waals surface area contributed by atoms with E-state index in [4.69, 9.17) is 0 Å². The van der Waals surface area contributed by atoms with E-state index in [1.807, 2.05) is 6.92 Å². The number of carboxylic acid groups (broad SMARTS) is 1. The van der Waals surface area contributed by atoms with Crippen LogP contribution in [-0.4, -0.2) is 33.0 Å². The van der Waals surface area contributed by atoms with Gasteiger partial charge in [-0.3, -0.25) is 4.79 Å². The molecule has 0 aromatic rings. The zero-order chi connectivity index (χ0) is 18.3. The minimum atomic E-state index is -0.959. The Balaban J connectivity index is 2.36. The first-order valence-corrected chi connectivity index (χ1v) is 8.94. The van der Waals surface area contributed by atoms with Crippen molar-refractivity contribution in [2.45, 2.75) is 71.0 Å². The molecule has 24 heavy (non-hydrogen) atoms. The zero-order valence-corrected chi connectivity index (χ0v) is 15.2. The van der Waals surface area contributed by atoms with Crippen LogP contribution in [0.25, 0.3) is 0 Å². The van der Waals surface area contributed by atoms with Crippen molar-refractivity contribution < 1.29 is 20.1 Å². The molecule has 2 aliphatic carbocycles. The summed E-state index contributed by atoms with van der Waals surface area (Å²) in [6.07, 6.45) is 5.00. The lowest BCUT2D eigenvalue weighted by atomic mass is 9.46. The number of rotatable bonds is 5. The van der Waals surface area contributed by atoms with Crippen LogP contribution < -0.4 is 0 Å². The highest BCUT2D eigenvalue weighted by molar-refractivity contribution is 5.75. The normalized spacial score (nSPS) is 42.0. The third kappa shape index (κ3) is 3.06. The molecule has 136 valence electrons. The van der Waals surface area contributed by atoms with E-state index >= 15 is 0 Å². The van der Waals surface area contributed by atoms with Crippen LogP contribution in [0, 0.1) is 22.7 Å². The Labute approximate surface area is 145 Å². The van der Waals surface area contributed by atoms with Gasteiger partial charge in [-0.2, -0.15) is 0 Å². The van der Waals surface area contributed by atoms with E-state index in [0.717, 1.165) is 18.4 Å². The van der Waals surface area contributed by atoms with Crippen LogP contribution in [-0.2, 0) is 4.79 Å². The van der Waals surface area contributed by atoms with Crippen molar-refractivity contribution in [3.05, 3.63) is 24.8 Å². The highest BCUT2D eigenvalue weighted by Crippen LogP contribution is 2.62. The molecule has 0 amide bonds. The Morgan fingerprint density at radius 3 is 2.58 bits per heavy atom. The SMILES string of the molecule is C=C[C@@](C)(O)CC[C@H]1C(=C)[C@@H](O)C[C@@H]2[C@]1(C)CCC[C@]2(C)C(=O)O. The summed E-state index contributed by atoms with van der Waals surface area (Å²) in [5.74, 6) is -0.845. The summed E-state index contributed by atoms with van der Waals surface area (Å²) in [5, 5.41) is 30.6. The van der Waals surface area contributed by atoms with Crippen molar-refractivity contribution in [3.8, 4) is 0 Å². The fourth-order valence-corrected chi connectivity index (χ4v) is 5.20. The van der Waals surface area contributed by atoms with Crippen molar-refractivity contribution in [2.75, 3.05) is 0 Å². The maximum Gasteiger partial charge on any atom is 0.309 e. The van der Waals surface area contributed by atoms with Crippen LogP contribution in [0.2, 0.25) is 0 Å². The predicted octanol–water partition coefficient (Wildman–Crippen LogP) is 3.54. The van der Waals surface area contributed by atoms with E-state index in [1.165, 1.54) is 6.08 Å². The molecular formula is C20H32O4. The molecule has 4 nitrogen and oxygen atoms in total. The van der Waals surface area contributed by atoms with Gasteiger partial charge in [-0.05, 0) is 68.8 Å².